The number of ether oxygens (including phenoxy) is 1. The first-order valence-corrected chi connectivity index (χ1v) is 7.44. The number of benzene rings is 1. The van der Waals surface area contributed by atoms with Crippen LogP contribution in [0, 0.1) is 5.82 Å². The molecule has 0 spiro atoms. The predicted octanol–water partition coefficient (Wildman–Crippen LogP) is 4.63. The fourth-order valence-electron chi connectivity index (χ4n) is 1.85. The van der Waals surface area contributed by atoms with Crippen molar-refractivity contribution in [3.8, 4) is 11.3 Å². The van der Waals surface area contributed by atoms with Crippen LogP contribution in [0.3, 0.4) is 0 Å². The molecule has 1 unspecified atom stereocenters. The van der Waals surface area contributed by atoms with Gasteiger partial charge in [-0.1, -0.05) is 38.0 Å². The van der Waals surface area contributed by atoms with Crippen molar-refractivity contribution in [2.24, 2.45) is 0 Å². The molecule has 0 N–H and O–H groups in total. The van der Waals surface area contributed by atoms with Crippen LogP contribution in [-0.2, 0) is 9.53 Å². The van der Waals surface area contributed by atoms with Gasteiger partial charge in [0.1, 0.15) is 5.82 Å². The van der Waals surface area contributed by atoms with E-state index in [0.717, 1.165) is 19.3 Å². The zero-order chi connectivity index (χ0) is 16.2. The van der Waals surface area contributed by atoms with Crippen LogP contribution < -0.4 is 0 Å². The number of hydrogen-bond donors (Lipinski definition) is 0. The molecule has 0 bridgehead atoms. The summed E-state index contributed by atoms with van der Waals surface area (Å²) in [5.74, 6) is -0.235. The molecule has 0 aliphatic carbocycles. The molecule has 118 valence electrons. The number of unbranched alkanes of at least 4 members (excludes halogenated alkanes) is 1. The molecule has 3 nitrogen and oxygen atoms in total. The number of nitrogens with zero attached hydrogens (tertiary/aromatic N) is 1. The molecule has 1 aromatic heterocycles. The van der Waals surface area contributed by atoms with Gasteiger partial charge in [-0.15, -0.1) is 0 Å². The van der Waals surface area contributed by atoms with Crippen LogP contribution in [0.15, 0.2) is 48.7 Å². The van der Waals surface area contributed by atoms with Crippen LogP contribution in [0.2, 0.25) is 0 Å². The number of carbonyl (C=O) groups excluding carboxylic acids is 1. The van der Waals surface area contributed by atoms with Gasteiger partial charge in [-0.2, -0.15) is 0 Å². The molecular formula is C18H22FNO2. The first-order chi connectivity index (χ1) is 10.7. The summed E-state index contributed by atoms with van der Waals surface area (Å²) in [6.45, 7) is 4.54. The summed E-state index contributed by atoms with van der Waals surface area (Å²) in [5.41, 5.74) is 1.21. The van der Waals surface area contributed by atoms with Gasteiger partial charge in [0.25, 0.3) is 6.47 Å². The Hall–Kier alpha value is -2.23. The summed E-state index contributed by atoms with van der Waals surface area (Å²) >= 11 is 0. The van der Waals surface area contributed by atoms with E-state index in [0.29, 0.717) is 17.7 Å². The van der Waals surface area contributed by atoms with Crippen molar-refractivity contribution < 1.29 is 13.9 Å². The SMILES string of the molecule is CCCCC(C)OC=O.Fc1ccccc1-c1ccccn1. The van der Waals surface area contributed by atoms with E-state index >= 15 is 0 Å². The van der Waals surface area contributed by atoms with Gasteiger partial charge in [0.05, 0.1) is 11.8 Å². The second-order valence-electron chi connectivity index (χ2n) is 4.88. The normalized spacial score (nSPS) is 11.0. The highest BCUT2D eigenvalue weighted by Gasteiger charge is 2.02. The summed E-state index contributed by atoms with van der Waals surface area (Å²) in [4.78, 5) is 13.8. The van der Waals surface area contributed by atoms with Gasteiger partial charge in [0.2, 0.25) is 0 Å². The maximum Gasteiger partial charge on any atom is 0.293 e. The van der Waals surface area contributed by atoms with Crippen molar-refractivity contribution in [2.45, 2.75) is 39.2 Å². The van der Waals surface area contributed by atoms with E-state index in [1.54, 1.807) is 30.5 Å². The molecular weight excluding hydrogens is 281 g/mol. The quantitative estimate of drug-likeness (QED) is 0.731. The van der Waals surface area contributed by atoms with Crippen LogP contribution in [0.5, 0.6) is 0 Å². The third kappa shape index (κ3) is 6.48. The zero-order valence-electron chi connectivity index (χ0n) is 13.0. The lowest BCUT2D eigenvalue weighted by atomic mass is 10.1. The lowest BCUT2D eigenvalue weighted by Crippen LogP contribution is -2.05. The summed E-state index contributed by atoms with van der Waals surface area (Å²) < 4.78 is 17.9. The van der Waals surface area contributed by atoms with Crippen molar-refractivity contribution in [2.75, 3.05) is 0 Å². The van der Waals surface area contributed by atoms with E-state index in [1.165, 1.54) is 6.07 Å². The Bertz CT molecular complexity index is 546. The Morgan fingerprint density at radius 3 is 2.55 bits per heavy atom. The summed E-state index contributed by atoms with van der Waals surface area (Å²) in [5, 5.41) is 0. The van der Waals surface area contributed by atoms with Crippen LogP contribution in [0.1, 0.15) is 33.1 Å². The number of halogens is 1. The fraction of sp³-hybridized carbons (Fsp3) is 0.333. The molecule has 0 aliphatic rings. The van der Waals surface area contributed by atoms with E-state index in [1.807, 2.05) is 19.1 Å². The molecule has 1 heterocycles. The molecule has 0 saturated heterocycles. The highest BCUT2D eigenvalue weighted by Crippen LogP contribution is 2.19. The Labute approximate surface area is 131 Å². The maximum atomic E-state index is 13.2. The molecule has 22 heavy (non-hydrogen) atoms. The van der Waals surface area contributed by atoms with Gasteiger partial charge >= 0.3 is 0 Å². The van der Waals surface area contributed by atoms with Crippen LogP contribution in [0.25, 0.3) is 11.3 Å². The average Bonchev–Trinajstić information content (AvgIpc) is 2.55. The van der Waals surface area contributed by atoms with Gasteiger partial charge in [-0.05, 0) is 37.6 Å². The first-order valence-electron chi connectivity index (χ1n) is 7.44. The van der Waals surface area contributed by atoms with Crippen molar-refractivity contribution in [1.82, 2.24) is 4.98 Å². The minimum absolute atomic E-state index is 0.0995. The van der Waals surface area contributed by atoms with E-state index in [4.69, 9.17) is 0 Å². The number of rotatable bonds is 6. The molecule has 0 saturated carbocycles. The van der Waals surface area contributed by atoms with Gasteiger partial charge in [-0.25, -0.2) is 4.39 Å². The second-order valence-corrected chi connectivity index (χ2v) is 4.88. The summed E-state index contributed by atoms with van der Waals surface area (Å²) in [6.07, 6.45) is 5.03. The highest BCUT2D eigenvalue weighted by atomic mass is 19.1. The van der Waals surface area contributed by atoms with Gasteiger partial charge in [0, 0.05) is 11.8 Å². The van der Waals surface area contributed by atoms with Gasteiger partial charge < -0.3 is 4.74 Å². The Morgan fingerprint density at radius 2 is 1.95 bits per heavy atom. The number of pyridine rings is 1. The molecule has 4 heteroatoms. The van der Waals surface area contributed by atoms with E-state index in [9.17, 15) is 9.18 Å². The smallest absolute Gasteiger partial charge is 0.293 e. The highest BCUT2D eigenvalue weighted by molar-refractivity contribution is 5.59. The minimum Gasteiger partial charge on any atom is -0.465 e. The first kappa shape index (κ1) is 17.8. The third-order valence-corrected chi connectivity index (χ3v) is 3.07. The van der Waals surface area contributed by atoms with Crippen molar-refractivity contribution >= 4 is 6.47 Å². The molecule has 1 aromatic carbocycles. The fourth-order valence-corrected chi connectivity index (χ4v) is 1.85. The molecule has 2 rings (SSSR count). The summed E-state index contributed by atoms with van der Waals surface area (Å²) in [6, 6.07) is 12.1. The topological polar surface area (TPSA) is 39.2 Å². The van der Waals surface area contributed by atoms with Crippen LogP contribution in [-0.4, -0.2) is 17.6 Å². The van der Waals surface area contributed by atoms with Crippen molar-refractivity contribution in [3.63, 3.8) is 0 Å². The average molecular weight is 303 g/mol. The largest absolute Gasteiger partial charge is 0.465 e. The standard InChI is InChI=1S/C11H8FN.C7H14O2/c12-10-6-2-1-5-9(10)11-7-3-4-8-13-11;1-3-4-5-7(2)9-6-8/h1-8H;6-7H,3-5H2,1-2H3. The van der Waals surface area contributed by atoms with Gasteiger partial charge in [-0.3, -0.25) is 9.78 Å². The lowest BCUT2D eigenvalue weighted by molar-refractivity contribution is -0.133. The Morgan fingerprint density at radius 1 is 1.23 bits per heavy atom. The van der Waals surface area contributed by atoms with E-state index < -0.39 is 0 Å². The molecule has 0 radical (unpaired) electrons. The molecule has 0 aliphatic heterocycles. The third-order valence-electron chi connectivity index (χ3n) is 3.07. The van der Waals surface area contributed by atoms with Crippen LogP contribution >= 0.6 is 0 Å². The maximum absolute atomic E-state index is 13.2. The van der Waals surface area contributed by atoms with Crippen molar-refractivity contribution in [3.05, 3.63) is 54.5 Å². The lowest BCUT2D eigenvalue weighted by Gasteiger charge is -2.06. The summed E-state index contributed by atoms with van der Waals surface area (Å²) in [7, 11) is 0. The minimum atomic E-state index is -0.235. The number of aromatic nitrogens is 1. The van der Waals surface area contributed by atoms with Crippen molar-refractivity contribution in [1.29, 1.82) is 0 Å². The second kappa shape index (κ2) is 10.5. The molecule has 1 atom stereocenters. The molecule has 0 fully saturated rings. The zero-order valence-corrected chi connectivity index (χ0v) is 13.0. The van der Waals surface area contributed by atoms with Crippen LogP contribution in [0.4, 0.5) is 4.39 Å². The van der Waals surface area contributed by atoms with Gasteiger partial charge in [0.15, 0.2) is 0 Å². The molecule has 0 amide bonds. The predicted molar refractivity (Wildman–Crippen MR) is 85.8 cm³/mol. The van der Waals surface area contributed by atoms with E-state index in [2.05, 4.69) is 16.6 Å². The molecule has 2 aromatic rings. The number of carbonyl (C=O) groups is 1. The Kier molecular flexibility index (Phi) is 8.50. The number of hydrogen-bond acceptors (Lipinski definition) is 3. The van der Waals surface area contributed by atoms with E-state index in [-0.39, 0.29) is 11.9 Å². The Balaban J connectivity index is 0.000000239. The monoisotopic (exact) mass is 303 g/mol.